The van der Waals surface area contributed by atoms with Gasteiger partial charge in [0.2, 0.25) is 0 Å². The van der Waals surface area contributed by atoms with Crippen molar-refractivity contribution in [2.75, 3.05) is 0 Å². The molecular formula is C20H14ClN3. The minimum absolute atomic E-state index is 0.718. The maximum Gasteiger partial charge on any atom is 0.139 e. The first-order valence-corrected chi connectivity index (χ1v) is 8.01. The molecule has 2 aromatic carbocycles. The Morgan fingerprint density at radius 1 is 0.875 bits per heavy atom. The summed E-state index contributed by atoms with van der Waals surface area (Å²) in [6.07, 6.45) is 5.78. The summed E-state index contributed by atoms with van der Waals surface area (Å²) in [6, 6.07) is 21.6. The second kappa shape index (κ2) is 6.30. The van der Waals surface area contributed by atoms with Crippen LogP contribution in [0.2, 0.25) is 5.02 Å². The lowest BCUT2D eigenvalue weighted by Gasteiger charge is -2.05. The van der Waals surface area contributed by atoms with Crippen LogP contribution >= 0.6 is 11.6 Å². The van der Waals surface area contributed by atoms with Crippen LogP contribution in [0.25, 0.3) is 29.0 Å². The first-order chi connectivity index (χ1) is 11.8. The molecule has 0 saturated heterocycles. The van der Waals surface area contributed by atoms with Crippen LogP contribution in [0.15, 0.2) is 72.9 Å². The van der Waals surface area contributed by atoms with Crippen LogP contribution in [0.3, 0.4) is 0 Å². The minimum atomic E-state index is 0.718. The molecule has 4 aromatic rings. The average molecular weight is 332 g/mol. The first kappa shape index (κ1) is 14.7. The fraction of sp³-hybridized carbons (Fsp3) is 0. The second-order valence-electron chi connectivity index (χ2n) is 5.37. The number of imidazole rings is 1. The predicted molar refractivity (Wildman–Crippen MR) is 99.2 cm³/mol. The molecule has 0 aliphatic heterocycles. The van der Waals surface area contributed by atoms with Crippen LogP contribution in [0.1, 0.15) is 11.4 Å². The Morgan fingerprint density at radius 2 is 1.75 bits per heavy atom. The monoisotopic (exact) mass is 331 g/mol. The molecule has 2 heterocycles. The molecule has 0 unspecified atom stereocenters. The first-order valence-electron chi connectivity index (χ1n) is 7.64. The van der Waals surface area contributed by atoms with E-state index in [0.29, 0.717) is 0 Å². The quantitative estimate of drug-likeness (QED) is 0.513. The van der Waals surface area contributed by atoms with Gasteiger partial charge in [0.1, 0.15) is 11.6 Å². The highest BCUT2D eigenvalue weighted by Crippen LogP contribution is 2.22. The molecule has 3 nitrogen and oxygen atoms in total. The molecule has 0 aliphatic rings. The van der Waals surface area contributed by atoms with Gasteiger partial charge in [-0.25, -0.2) is 9.97 Å². The minimum Gasteiger partial charge on any atom is -0.277 e. The third-order valence-corrected chi connectivity index (χ3v) is 3.97. The summed E-state index contributed by atoms with van der Waals surface area (Å²) in [5.74, 6) is 1.67. The molecule has 0 amide bonds. The largest absolute Gasteiger partial charge is 0.277 e. The SMILES string of the molecule is Clc1cccc(C=Cc2nc3ccccc3n2-c2ccccn2)c1. The van der Waals surface area contributed by atoms with Crippen molar-refractivity contribution in [2.24, 2.45) is 0 Å². The van der Waals surface area contributed by atoms with Gasteiger partial charge in [0.15, 0.2) is 0 Å². The normalized spacial score (nSPS) is 11.4. The van der Waals surface area contributed by atoms with E-state index in [1.54, 1.807) is 6.20 Å². The summed E-state index contributed by atoms with van der Waals surface area (Å²) in [7, 11) is 0. The molecule has 0 spiro atoms. The number of rotatable bonds is 3. The van der Waals surface area contributed by atoms with Crippen LogP contribution in [0.5, 0.6) is 0 Å². The highest BCUT2D eigenvalue weighted by atomic mass is 35.5. The number of aromatic nitrogens is 3. The van der Waals surface area contributed by atoms with Gasteiger partial charge in [-0.15, -0.1) is 0 Å². The van der Waals surface area contributed by atoms with Crippen LogP contribution in [-0.2, 0) is 0 Å². The highest BCUT2D eigenvalue weighted by molar-refractivity contribution is 6.30. The van der Waals surface area contributed by atoms with E-state index >= 15 is 0 Å². The molecule has 24 heavy (non-hydrogen) atoms. The van der Waals surface area contributed by atoms with Crippen LogP contribution in [0.4, 0.5) is 0 Å². The summed E-state index contributed by atoms with van der Waals surface area (Å²) in [5.41, 5.74) is 3.00. The zero-order valence-electron chi connectivity index (χ0n) is 12.8. The maximum atomic E-state index is 6.05. The molecule has 116 valence electrons. The number of pyridine rings is 1. The number of hydrogen-bond acceptors (Lipinski definition) is 2. The molecule has 2 aromatic heterocycles. The summed E-state index contributed by atoms with van der Waals surface area (Å²) in [4.78, 5) is 9.20. The summed E-state index contributed by atoms with van der Waals surface area (Å²) in [6.45, 7) is 0. The van der Waals surface area contributed by atoms with Crippen LogP contribution < -0.4 is 0 Å². The lowest BCUT2D eigenvalue weighted by Crippen LogP contribution is -1.99. The van der Waals surface area contributed by atoms with E-state index in [1.807, 2.05) is 78.9 Å². The van der Waals surface area contributed by atoms with Crippen molar-refractivity contribution in [3.8, 4) is 5.82 Å². The lowest BCUT2D eigenvalue weighted by molar-refractivity contribution is 1.01. The van der Waals surface area contributed by atoms with E-state index in [1.165, 1.54) is 0 Å². The number of benzene rings is 2. The van der Waals surface area contributed by atoms with Gasteiger partial charge < -0.3 is 0 Å². The van der Waals surface area contributed by atoms with Crippen molar-refractivity contribution in [1.29, 1.82) is 0 Å². The van der Waals surface area contributed by atoms with Crippen molar-refractivity contribution in [1.82, 2.24) is 14.5 Å². The van der Waals surface area contributed by atoms with Crippen molar-refractivity contribution in [3.05, 3.63) is 89.3 Å². The number of nitrogens with zero attached hydrogens (tertiary/aromatic N) is 3. The molecule has 0 saturated carbocycles. The van der Waals surface area contributed by atoms with Gasteiger partial charge in [0.25, 0.3) is 0 Å². The summed E-state index contributed by atoms with van der Waals surface area (Å²) in [5, 5.41) is 0.718. The van der Waals surface area contributed by atoms with Gasteiger partial charge in [-0.1, -0.05) is 48.0 Å². The molecule has 0 radical (unpaired) electrons. The number of hydrogen-bond donors (Lipinski definition) is 0. The lowest BCUT2D eigenvalue weighted by atomic mass is 10.2. The van der Waals surface area contributed by atoms with E-state index < -0.39 is 0 Å². The van der Waals surface area contributed by atoms with Crippen molar-refractivity contribution < 1.29 is 0 Å². The van der Waals surface area contributed by atoms with Gasteiger partial charge in [-0.3, -0.25) is 4.57 Å². The van der Waals surface area contributed by atoms with E-state index in [0.717, 1.165) is 33.3 Å². The fourth-order valence-corrected chi connectivity index (χ4v) is 2.86. The Morgan fingerprint density at radius 3 is 2.58 bits per heavy atom. The van der Waals surface area contributed by atoms with Crippen molar-refractivity contribution in [3.63, 3.8) is 0 Å². The van der Waals surface area contributed by atoms with E-state index in [4.69, 9.17) is 16.6 Å². The number of halogens is 1. The Kier molecular flexibility index (Phi) is 3.85. The third kappa shape index (κ3) is 2.82. The molecule has 0 fully saturated rings. The molecule has 4 heteroatoms. The van der Waals surface area contributed by atoms with E-state index in [-0.39, 0.29) is 0 Å². The number of fused-ring (bicyclic) bond motifs is 1. The van der Waals surface area contributed by atoms with Crippen LogP contribution in [-0.4, -0.2) is 14.5 Å². The Hall–Kier alpha value is -2.91. The van der Waals surface area contributed by atoms with E-state index in [9.17, 15) is 0 Å². The van der Waals surface area contributed by atoms with Gasteiger partial charge >= 0.3 is 0 Å². The standard InChI is InChI=1S/C20H14ClN3/c21-16-7-5-6-15(14-16)11-12-20-23-17-8-1-2-9-18(17)24(20)19-10-3-4-13-22-19/h1-14H. The zero-order valence-corrected chi connectivity index (χ0v) is 13.6. The van der Waals surface area contributed by atoms with Crippen LogP contribution in [0, 0.1) is 0 Å². The van der Waals surface area contributed by atoms with E-state index in [2.05, 4.69) is 9.55 Å². The molecular weight excluding hydrogens is 318 g/mol. The maximum absolute atomic E-state index is 6.05. The van der Waals surface area contributed by atoms with Crippen molar-refractivity contribution >= 4 is 34.8 Å². The Balaban J connectivity index is 1.86. The molecule has 0 atom stereocenters. The average Bonchev–Trinajstić information content (AvgIpc) is 2.99. The highest BCUT2D eigenvalue weighted by Gasteiger charge is 2.10. The topological polar surface area (TPSA) is 30.7 Å². The Labute approximate surface area is 144 Å². The van der Waals surface area contributed by atoms with Gasteiger partial charge in [0, 0.05) is 11.2 Å². The van der Waals surface area contributed by atoms with Gasteiger partial charge in [-0.05, 0) is 48.0 Å². The predicted octanol–water partition coefficient (Wildman–Crippen LogP) is 5.24. The Bertz CT molecular complexity index is 1020. The molecule has 0 aliphatic carbocycles. The number of para-hydroxylation sites is 2. The van der Waals surface area contributed by atoms with Crippen molar-refractivity contribution in [2.45, 2.75) is 0 Å². The van der Waals surface area contributed by atoms with Gasteiger partial charge in [0.05, 0.1) is 11.0 Å². The van der Waals surface area contributed by atoms with Gasteiger partial charge in [-0.2, -0.15) is 0 Å². The molecule has 4 rings (SSSR count). The third-order valence-electron chi connectivity index (χ3n) is 3.74. The summed E-state index contributed by atoms with van der Waals surface area (Å²) >= 11 is 6.05. The smallest absolute Gasteiger partial charge is 0.139 e. The second-order valence-corrected chi connectivity index (χ2v) is 5.81. The summed E-state index contributed by atoms with van der Waals surface area (Å²) < 4.78 is 2.05. The zero-order chi connectivity index (χ0) is 16.4. The molecule has 0 bridgehead atoms. The fourth-order valence-electron chi connectivity index (χ4n) is 2.66. The molecule has 0 N–H and O–H groups in total.